The van der Waals surface area contributed by atoms with Crippen LogP contribution >= 0.6 is 0 Å². The SMILES string of the molecule is C=C1C(=O)[C@@]23[C@@H]4OC(C)(C)O[C@@H]2C[C@@H]2C(C)(C)CCC[C@@]2(COC(C)=O)[C@@H]3C(=O)C[C@@H]14.C=C1C(=O)[C@@]23[C@@H]4OC(C)(C)O[C@@H]2C[C@@H]2C(C)(C)CCC[C@]25CO[C@](O)(C[C@@H]14)[C@@H]53.CF.CF. The summed E-state index contributed by atoms with van der Waals surface area (Å²) in [5, 5.41) is 11.8. The zero-order chi connectivity index (χ0) is 46.5. The van der Waals surface area contributed by atoms with Crippen molar-refractivity contribution in [3.63, 3.8) is 0 Å². The van der Waals surface area contributed by atoms with Gasteiger partial charge in [0.2, 0.25) is 0 Å². The van der Waals surface area contributed by atoms with Gasteiger partial charge in [-0.2, -0.15) is 0 Å². The van der Waals surface area contributed by atoms with Crippen LogP contribution in [-0.2, 0) is 47.6 Å². The zero-order valence-corrected chi connectivity index (χ0v) is 39.5. The van der Waals surface area contributed by atoms with Crippen molar-refractivity contribution in [1.82, 2.24) is 0 Å². The summed E-state index contributed by atoms with van der Waals surface area (Å²) in [6.45, 7) is 27.3. The molecule has 3 heterocycles. The van der Waals surface area contributed by atoms with Gasteiger partial charge < -0.3 is 33.5 Å². The molecule has 11 aliphatic rings. The summed E-state index contributed by atoms with van der Waals surface area (Å²) in [4.78, 5) is 53.5. The van der Waals surface area contributed by atoms with E-state index in [4.69, 9.17) is 28.4 Å². The number of esters is 1. The van der Waals surface area contributed by atoms with Gasteiger partial charge in [0.15, 0.2) is 28.9 Å². The number of halogens is 2. The molecule has 63 heavy (non-hydrogen) atoms. The highest BCUT2D eigenvalue weighted by atomic mass is 19.1. The van der Waals surface area contributed by atoms with Gasteiger partial charge in [0, 0.05) is 54.3 Å². The first-order valence-electron chi connectivity index (χ1n) is 23.3. The van der Waals surface area contributed by atoms with Gasteiger partial charge in [-0.05, 0) is 100 Å². The van der Waals surface area contributed by atoms with Gasteiger partial charge in [-0.25, -0.2) is 0 Å². The number of rotatable bonds is 2. The van der Waals surface area contributed by atoms with E-state index in [1.165, 1.54) is 6.92 Å². The molecule has 0 aromatic rings. The molecule has 0 amide bonds. The summed E-state index contributed by atoms with van der Waals surface area (Å²) in [6, 6.07) is 0. The fourth-order valence-corrected chi connectivity index (χ4v) is 17.2. The van der Waals surface area contributed by atoms with Crippen LogP contribution in [-0.4, -0.2) is 97.8 Å². The van der Waals surface area contributed by atoms with Crippen LogP contribution in [0.4, 0.5) is 8.78 Å². The lowest BCUT2D eigenvalue weighted by Crippen LogP contribution is -2.75. The molecule has 352 valence electrons. The first-order chi connectivity index (χ1) is 29.3. The Kier molecular flexibility index (Phi) is 11.1. The highest BCUT2D eigenvalue weighted by Crippen LogP contribution is 2.78. The average Bonchev–Trinajstić information content (AvgIpc) is 3.63. The number of carbonyl (C=O) groups excluding carboxylic acids is 4. The molecule has 8 aliphatic carbocycles. The summed E-state index contributed by atoms with van der Waals surface area (Å²) in [5.74, 6) is -4.00. The summed E-state index contributed by atoms with van der Waals surface area (Å²) in [5.41, 5.74) is -1.51. The normalized spacial score (nSPS) is 48.9. The Morgan fingerprint density at radius 1 is 0.730 bits per heavy atom. The van der Waals surface area contributed by atoms with E-state index in [9.17, 15) is 33.1 Å². The smallest absolute Gasteiger partial charge is 0.302 e. The lowest BCUT2D eigenvalue weighted by molar-refractivity contribution is -0.399. The summed E-state index contributed by atoms with van der Waals surface area (Å²) >= 11 is 0. The lowest BCUT2D eigenvalue weighted by atomic mass is 9.39. The van der Waals surface area contributed by atoms with Crippen LogP contribution in [0.3, 0.4) is 0 Å². The van der Waals surface area contributed by atoms with Crippen LogP contribution in [0.25, 0.3) is 0 Å². The molecular formula is C50H72F2O11. The topological polar surface area (TPSA) is 144 Å². The van der Waals surface area contributed by atoms with Crippen molar-refractivity contribution in [2.45, 2.75) is 168 Å². The van der Waals surface area contributed by atoms with Gasteiger partial charge in [-0.3, -0.25) is 28.0 Å². The molecule has 0 unspecified atom stereocenters. The Bertz CT molecular complexity index is 1980. The fourth-order valence-electron chi connectivity index (χ4n) is 17.2. The van der Waals surface area contributed by atoms with Crippen LogP contribution in [0.15, 0.2) is 24.3 Å². The largest absolute Gasteiger partial charge is 0.465 e. The highest BCUT2D eigenvalue weighted by molar-refractivity contribution is 6.10. The Morgan fingerprint density at radius 2 is 1.24 bits per heavy atom. The molecule has 1 N–H and O–H groups in total. The molecule has 11 rings (SSSR count). The quantitative estimate of drug-likeness (QED) is 0.213. The third-order valence-electron chi connectivity index (χ3n) is 18.7. The van der Waals surface area contributed by atoms with Crippen molar-refractivity contribution in [2.75, 3.05) is 27.6 Å². The van der Waals surface area contributed by atoms with Crippen molar-refractivity contribution in [3.05, 3.63) is 24.3 Å². The first kappa shape index (κ1) is 47.1. The van der Waals surface area contributed by atoms with Crippen molar-refractivity contribution in [1.29, 1.82) is 0 Å². The van der Waals surface area contributed by atoms with Crippen molar-refractivity contribution in [3.8, 4) is 0 Å². The Morgan fingerprint density at radius 3 is 1.84 bits per heavy atom. The number of hydrogen-bond acceptors (Lipinski definition) is 11. The second-order valence-electron chi connectivity index (χ2n) is 23.3. The highest BCUT2D eigenvalue weighted by Gasteiger charge is 2.85. The minimum Gasteiger partial charge on any atom is -0.465 e. The van der Waals surface area contributed by atoms with E-state index in [1.54, 1.807) is 0 Å². The van der Waals surface area contributed by atoms with E-state index >= 15 is 0 Å². The van der Waals surface area contributed by atoms with Crippen LogP contribution < -0.4 is 0 Å². The third-order valence-corrected chi connectivity index (χ3v) is 18.7. The number of alkyl halides is 2. The predicted octanol–water partition coefficient (Wildman–Crippen LogP) is 7.99. The molecule has 3 aliphatic heterocycles. The van der Waals surface area contributed by atoms with E-state index in [0.29, 0.717) is 50.9 Å². The minimum absolute atomic E-state index is 0.0584. The molecule has 3 spiro atoms. The number of ketones is 3. The molecule has 3 saturated heterocycles. The molecule has 13 heteroatoms. The second kappa shape index (κ2) is 14.8. The van der Waals surface area contributed by atoms with Crippen molar-refractivity contribution < 1.29 is 61.5 Å². The van der Waals surface area contributed by atoms with Gasteiger partial charge >= 0.3 is 5.97 Å². The molecule has 8 saturated carbocycles. The van der Waals surface area contributed by atoms with Gasteiger partial charge in [0.1, 0.15) is 5.78 Å². The van der Waals surface area contributed by atoms with Gasteiger partial charge in [0.05, 0.1) is 62.8 Å². The van der Waals surface area contributed by atoms with Crippen LogP contribution in [0.1, 0.15) is 127 Å². The Labute approximate surface area is 372 Å². The lowest BCUT2D eigenvalue weighted by Gasteiger charge is -2.68. The van der Waals surface area contributed by atoms with Crippen molar-refractivity contribution >= 4 is 23.3 Å². The molecule has 0 aromatic carbocycles. The maximum absolute atomic E-state index is 13.9. The molecule has 11 nitrogen and oxygen atoms in total. The molecule has 15 atom stereocenters. The standard InChI is InChI=1S/C25H34O6.C23H32O5.2CH3F/c1-13-15-10-16(27)19-24(12-29-14(2)26)9-7-8-22(3,4)17(24)11-18-25(19,20(13)28)21(15)31-23(5,6)30-18;1-12-13-10-22(25)18-21(11-26-22)8-6-7-19(2,3)14(21)9-15-23(18,16(12)24)17(13)28-20(4,5)27-15;2*1-2/h15,17-19,21H,1,7-12H2,2-6H3;13-15,17-18,25H,1,6-11H2,2-5H3;2*1H3/t15-,17+,18+,19-,21+,24-,25+;13-,14+,15+,17+,18+,21-,22+,23+;;/m00../s1. The molecule has 11 fully saturated rings. The van der Waals surface area contributed by atoms with E-state index in [-0.39, 0.29) is 88.5 Å². The van der Waals surface area contributed by atoms with E-state index < -0.39 is 51.7 Å². The molecule has 0 radical (unpaired) electrons. The first-order valence-corrected chi connectivity index (χ1v) is 23.3. The Hall–Kier alpha value is -2.42. The number of ether oxygens (including phenoxy) is 6. The summed E-state index contributed by atoms with van der Waals surface area (Å²) in [7, 11) is 1.00. The number of aliphatic hydroxyl groups is 1. The number of fused-ring (bicyclic) bond motifs is 2. The average molecular weight is 887 g/mol. The van der Waals surface area contributed by atoms with Crippen molar-refractivity contribution in [2.24, 2.45) is 68.0 Å². The maximum Gasteiger partial charge on any atom is 0.302 e. The molecule has 4 bridgehead atoms. The second-order valence-corrected chi connectivity index (χ2v) is 23.3. The number of hydrogen-bond donors (Lipinski definition) is 1. The summed E-state index contributed by atoms with van der Waals surface area (Å²) < 4.78 is 56.8. The van der Waals surface area contributed by atoms with E-state index in [1.807, 2.05) is 27.7 Å². The molecule has 0 aromatic heterocycles. The fraction of sp³-hybridized carbons (Fsp3) is 0.840. The van der Waals surface area contributed by atoms with Gasteiger partial charge in [0.25, 0.3) is 0 Å². The van der Waals surface area contributed by atoms with Crippen LogP contribution in [0.5, 0.6) is 0 Å². The Balaban J connectivity index is 0.000000161. The predicted molar refractivity (Wildman–Crippen MR) is 227 cm³/mol. The monoisotopic (exact) mass is 887 g/mol. The van der Waals surface area contributed by atoms with Crippen LogP contribution in [0, 0.1) is 68.0 Å². The van der Waals surface area contributed by atoms with E-state index in [0.717, 1.165) is 44.9 Å². The van der Waals surface area contributed by atoms with Gasteiger partial charge in [-0.1, -0.05) is 53.7 Å². The molecular weight excluding hydrogens is 815 g/mol. The number of carbonyl (C=O) groups is 4. The third kappa shape index (κ3) is 5.99. The maximum atomic E-state index is 13.9. The van der Waals surface area contributed by atoms with E-state index in [2.05, 4.69) is 40.9 Å². The number of Topliss-reactive ketones (excluding diaryl/α,β-unsaturated/α-hetero) is 3. The van der Waals surface area contributed by atoms with Gasteiger partial charge in [-0.15, -0.1) is 0 Å². The minimum atomic E-state index is -1.28. The van der Waals surface area contributed by atoms with Crippen LogP contribution in [0.2, 0.25) is 0 Å². The zero-order valence-electron chi connectivity index (χ0n) is 39.5. The summed E-state index contributed by atoms with van der Waals surface area (Å²) in [6.07, 6.45) is 6.83.